The highest BCUT2D eigenvalue weighted by molar-refractivity contribution is 7.09. The Kier molecular flexibility index (Phi) is 6.99. The van der Waals surface area contributed by atoms with Crippen molar-refractivity contribution >= 4 is 17.4 Å². The fourth-order valence-electron chi connectivity index (χ4n) is 3.01. The second-order valence-corrected chi connectivity index (χ2v) is 7.36. The Morgan fingerprint density at radius 2 is 1.74 bits per heavy atom. The molecule has 1 amide bonds. The zero-order chi connectivity index (χ0) is 18.9. The molecule has 5 heteroatoms. The normalized spacial score (nSPS) is 11.7. The molecule has 0 aliphatic rings. The van der Waals surface area contributed by atoms with Crippen LogP contribution in [0.5, 0.6) is 0 Å². The van der Waals surface area contributed by atoms with E-state index in [0.29, 0.717) is 6.54 Å². The number of hydrogen-bond donors (Lipinski definition) is 0. The van der Waals surface area contributed by atoms with Gasteiger partial charge in [0, 0.05) is 18.8 Å². The molecule has 0 radical (unpaired) electrons. The van der Waals surface area contributed by atoms with Crippen molar-refractivity contribution in [3.8, 4) is 0 Å². The highest BCUT2D eigenvalue weighted by Crippen LogP contribution is 2.18. The first-order valence-electron chi connectivity index (χ1n) is 9.15. The highest BCUT2D eigenvalue weighted by Gasteiger charge is 2.24. The third kappa shape index (κ3) is 5.66. The highest BCUT2D eigenvalue weighted by atomic mass is 32.1. The van der Waals surface area contributed by atoms with E-state index < -0.39 is 0 Å². The fourth-order valence-corrected chi connectivity index (χ4v) is 3.52. The molecule has 1 atom stereocenters. The molecular formula is C22H24N2O2S. The number of carbonyl (C=O) groups excluding carboxylic acids is 1. The number of amides is 1. The van der Waals surface area contributed by atoms with Gasteiger partial charge in [0.15, 0.2) is 0 Å². The van der Waals surface area contributed by atoms with Crippen LogP contribution < -0.4 is 0 Å². The number of hydrogen-bond acceptors (Lipinski definition) is 4. The van der Waals surface area contributed by atoms with Gasteiger partial charge in [0.25, 0.3) is 0 Å². The number of nitrogens with zero attached hydrogens (tertiary/aromatic N) is 2. The molecule has 1 heterocycles. The number of benzene rings is 2. The van der Waals surface area contributed by atoms with Crippen molar-refractivity contribution in [2.24, 2.45) is 0 Å². The minimum absolute atomic E-state index is 0.0709. The molecule has 0 saturated carbocycles. The third-order valence-corrected chi connectivity index (χ3v) is 5.23. The monoisotopic (exact) mass is 380 g/mol. The predicted octanol–water partition coefficient (Wildman–Crippen LogP) is 5.30. The molecule has 0 aliphatic carbocycles. The molecule has 0 fully saturated rings. The molecular weight excluding hydrogens is 356 g/mol. The summed E-state index contributed by atoms with van der Waals surface area (Å²) < 4.78 is 5.60. The summed E-state index contributed by atoms with van der Waals surface area (Å²) in [7, 11) is 0. The first-order chi connectivity index (χ1) is 13.3. The number of carbonyl (C=O) groups is 1. The Morgan fingerprint density at radius 1 is 1.07 bits per heavy atom. The predicted molar refractivity (Wildman–Crippen MR) is 109 cm³/mol. The summed E-state index contributed by atoms with van der Waals surface area (Å²) in [6.45, 7) is 2.91. The van der Waals surface area contributed by atoms with Gasteiger partial charge in [0.2, 0.25) is 0 Å². The summed E-state index contributed by atoms with van der Waals surface area (Å²) in [6.07, 6.45) is 3.12. The summed E-state index contributed by atoms with van der Waals surface area (Å²) in [5.41, 5.74) is 4.06. The van der Waals surface area contributed by atoms with Crippen LogP contribution in [0.3, 0.4) is 0 Å². The van der Waals surface area contributed by atoms with Crippen LogP contribution in [0.1, 0.15) is 29.3 Å². The molecule has 3 aromatic rings. The Balaban J connectivity index is 1.75. The fraction of sp³-hybridized carbons (Fsp3) is 0.273. The Morgan fingerprint density at radius 3 is 2.33 bits per heavy atom. The number of thiazole rings is 1. The third-order valence-electron chi connectivity index (χ3n) is 4.48. The van der Waals surface area contributed by atoms with Crippen molar-refractivity contribution in [3.63, 3.8) is 0 Å². The Bertz CT molecular complexity index is 807. The molecule has 0 aliphatic heterocycles. The topological polar surface area (TPSA) is 42.4 Å². The zero-order valence-electron chi connectivity index (χ0n) is 15.5. The second kappa shape index (κ2) is 9.88. The van der Waals surface area contributed by atoms with E-state index in [1.165, 1.54) is 16.9 Å². The van der Waals surface area contributed by atoms with Crippen LogP contribution in [0, 0.1) is 0 Å². The van der Waals surface area contributed by atoms with Crippen molar-refractivity contribution in [2.75, 3.05) is 0 Å². The number of rotatable bonds is 8. The molecule has 27 heavy (non-hydrogen) atoms. The van der Waals surface area contributed by atoms with E-state index in [9.17, 15) is 4.79 Å². The van der Waals surface area contributed by atoms with Gasteiger partial charge in [-0.1, -0.05) is 67.6 Å². The van der Waals surface area contributed by atoms with Gasteiger partial charge in [0.1, 0.15) is 6.61 Å². The van der Waals surface area contributed by atoms with E-state index in [1.807, 2.05) is 53.4 Å². The molecule has 1 unspecified atom stereocenters. The van der Waals surface area contributed by atoms with Gasteiger partial charge >= 0.3 is 6.09 Å². The van der Waals surface area contributed by atoms with Crippen molar-refractivity contribution in [3.05, 3.63) is 88.4 Å². The Hall–Kier alpha value is -2.66. The van der Waals surface area contributed by atoms with Gasteiger partial charge in [-0.3, -0.25) is 4.98 Å². The summed E-state index contributed by atoms with van der Waals surface area (Å²) >= 11 is 1.49. The standard InChI is InChI=1S/C22H24N2O2S/c1-2-20(13-18-9-5-3-6-10-18)24(15-19-11-7-4-8-12-19)22(25)26-16-21-14-23-17-27-21/h3-12,14,17,20H,2,13,15-16H2,1H3. The smallest absolute Gasteiger partial charge is 0.410 e. The van der Waals surface area contributed by atoms with Crippen LogP contribution in [-0.4, -0.2) is 22.0 Å². The van der Waals surface area contributed by atoms with Crippen LogP contribution in [0.4, 0.5) is 4.79 Å². The number of ether oxygens (including phenoxy) is 1. The maximum absolute atomic E-state index is 12.9. The van der Waals surface area contributed by atoms with Crippen LogP contribution in [0.15, 0.2) is 72.4 Å². The Labute approximate surface area is 164 Å². The largest absolute Gasteiger partial charge is 0.444 e. The van der Waals surface area contributed by atoms with Crippen molar-refractivity contribution < 1.29 is 9.53 Å². The quantitative estimate of drug-likeness (QED) is 0.532. The molecule has 4 nitrogen and oxygen atoms in total. The molecule has 2 aromatic carbocycles. The van der Waals surface area contributed by atoms with Crippen LogP contribution in [0.25, 0.3) is 0 Å². The lowest BCUT2D eigenvalue weighted by Gasteiger charge is -2.30. The van der Waals surface area contributed by atoms with Gasteiger partial charge in [-0.05, 0) is 24.0 Å². The van der Waals surface area contributed by atoms with Gasteiger partial charge < -0.3 is 9.64 Å². The summed E-state index contributed by atoms with van der Waals surface area (Å²) in [5.74, 6) is 0. The van der Waals surface area contributed by atoms with Gasteiger partial charge in [-0.2, -0.15) is 0 Å². The van der Waals surface area contributed by atoms with Gasteiger partial charge in [-0.15, -0.1) is 11.3 Å². The maximum Gasteiger partial charge on any atom is 0.410 e. The van der Waals surface area contributed by atoms with Crippen LogP contribution in [-0.2, 0) is 24.3 Å². The first kappa shape index (κ1) is 19.1. The average Bonchev–Trinajstić information content (AvgIpc) is 3.24. The minimum Gasteiger partial charge on any atom is -0.444 e. The minimum atomic E-state index is -0.282. The van der Waals surface area contributed by atoms with E-state index in [1.54, 1.807) is 11.7 Å². The van der Waals surface area contributed by atoms with E-state index in [-0.39, 0.29) is 18.7 Å². The van der Waals surface area contributed by atoms with Gasteiger partial charge in [-0.25, -0.2) is 4.79 Å². The molecule has 140 valence electrons. The molecule has 0 bridgehead atoms. The summed E-state index contributed by atoms with van der Waals surface area (Å²) in [4.78, 5) is 19.7. The average molecular weight is 381 g/mol. The molecule has 0 spiro atoms. The van der Waals surface area contributed by atoms with Crippen molar-refractivity contribution in [2.45, 2.75) is 39.0 Å². The molecule has 0 N–H and O–H groups in total. The van der Waals surface area contributed by atoms with Crippen LogP contribution >= 0.6 is 11.3 Å². The lowest BCUT2D eigenvalue weighted by Crippen LogP contribution is -2.41. The van der Waals surface area contributed by atoms with E-state index in [0.717, 1.165) is 23.3 Å². The molecule has 3 rings (SSSR count). The maximum atomic E-state index is 12.9. The van der Waals surface area contributed by atoms with Crippen molar-refractivity contribution in [1.82, 2.24) is 9.88 Å². The van der Waals surface area contributed by atoms with Crippen molar-refractivity contribution in [1.29, 1.82) is 0 Å². The summed E-state index contributed by atoms with van der Waals surface area (Å²) in [5, 5.41) is 0. The molecule has 0 saturated heterocycles. The van der Waals surface area contributed by atoms with E-state index in [4.69, 9.17) is 4.74 Å². The molecule has 1 aromatic heterocycles. The summed E-state index contributed by atoms with van der Waals surface area (Å²) in [6, 6.07) is 20.4. The van der Waals surface area contributed by atoms with Gasteiger partial charge in [0.05, 0.1) is 10.4 Å². The van der Waals surface area contributed by atoms with E-state index >= 15 is 0 Å². The lowest BCUT2D eigenvalue weighted by molar-refractivity contribution is 0.0765. The second-order valence-electron chi connectivity index (χ2n) is 6.39. The lowest BCUT2D eigenvalue weighted by atomic mass is 10.0. The first-order valence-corrected chi connectivity index (χ1v) is 10.0. The SMILES string of the molecule is CCC(Cc1ccccc1)N(Cc1ccccc1)C(=O)OCc1cncs1. The van der Waals surface area contributed by atoms with Crippen LogP contribution in [0.2, 0.25) is 0 Å². The van der Waals surface area contributed by atoms with E-state index in [2.05, 4.69) is 24.0 Å². The number of aromatic nitrogens is 1. The zero-order valence-corrected chi connectivity index (χ0v) is 16.3.